The second kappa shape index (κ2) is 7.63. The van der Waals surface area contributed by atoms with Crippen molar-refractivity contribution in [3.8, 4) is 0 Å². The third-order valence-electron chi connectivity index (χ3n) is 4.72. The first-order valence-corrected chi connectivity index (χ1v) is 10.3. The van der Waals surface area contributed by atoms with Crippen molar-refractivity contribution in [1.29, 1.82) is 0 Å². The van der Waals surface area contributed by atoms with Crippen molar-refractivity contribution < 1.29 is 0 Å². The Morgan fingerprint density at radius 2 is 1.20 bits per heavy atom. The van der Waals surface area contributed by atoms with Gasteiger partial charge in [0.25, 0.3) is 0 Å². The number of allylic oxidation sites excluding steroid dienone is 1. The number of benzene rings is 3. The third-order valence-corrected chi connectivity index (χ3v) is 7.14. The Hall–Kier alpha value is -1.77. The molecule has 0 spiro atoms. The van der Waals surface area contributed by atoms with Crippen LogP contribution >= 0.6 is 27.7 Å². The van der Waals surface area contributed by atoms with E-state index in [0.717, 1.165) is 5.75 Å². The highest BCUT2D eigenvalue weighted by atomic mass is 79.9. The van der Waals surface area contributed by atoms with Crippen LogP contribution in [-0.4, -0.2) is 5.75 Å². The molecule has 2 heteroatoms. The molecule has 2 atom stereocenters. The second-order valence-electron chi connectivity index (χ2n) is 6.26. The monoisotopic (exact) mass is 406 g/mol. The van der Waals surface area contributed by atoms with Crippen LogP contribution in [0.4, 0.5) is 0 Å². The van der Waals surface area contributed by atoms with Crippen LogP contribution in [0.1, 0.15) is 28.5 Å². The Labute approximate surface area is 162 Å². The molecule has 25 heavy (non-hydrogen) atoms. The summed E-state index contributed by atoms with van der Waals surface area (Å²) in [4.78, 5) is 1.36. The van der Waals surface area contributed by atoms with Gasteiger partial charge in [-0.15, -0.1) is 11.8 Å². The highest BCUT2D eigenvalue weighted by molar-refractivity contribution is 9.12. The fourth-order valence-electron chi connectivity index (χ4n) is 3.49. The molecule has 1 aliphatic rings. The smallest absolute Gasteiger partial charge is 0.0252 e. The van der Waals surface area contributed by atoms with Gasteiger partial charge >= 0.3 is 0 Å². The van der Waals surface area contributed by atoms with Gasteiger partial charge in [-0.05, 0) is 16.7 Å². The highest BCUT2D eigenvalue weighted by Gasteiger charge is 2.33. The molecule has 3 aromatic rings. The summed E-state index contributed by atoms with van der Waals surface area (Å²) in [6, 6.07) is 32.5. The zero-order valence-corrected chi connectivity index (χ0v) is 16.2. The summed E-state index contributed by atoms with van der Waals surface area (Å²) in [6.07, 6.45) is 0. The van der Waals surface area contributed by atoms with Gasteiger partial charge < -0.3 is 0 Å². The van der Waals surface area contributed by atoms with Crippen LogP contribution in [0, 0.1) is 0 Å². The summed E-state index contributed by atoms with van der Waals surface area (Å²) >= 11 is 5.95. The first-order chi connectivity index (χ1) is 12.3. The molecule has 0 radical (unpaired) electrons. The van der Waals surface area contributed by atoms with Crippen LogP contribution < -0.4 is 0 Å². The molecule has 2 unspecified atom stereocenters. The molecule has 0 aliphatic carbocycles. The van der Waals surface area contributed by atoms with Gasteiger partial charge in [0.2, 0.25) is 0 Å². The van der Waals surface area contributed by atoms with Gasteiger partial charge in [-0.3, -0.25) is 0 Å². The van der Waals surface area contributed by atoms with E-state index in [-0.39, 0.29) is 0 Å². The van der Waals surface area contributed by atoms with Gasteiger partial charge in [-0.2, -0.15) is 0 Å². The number of halogens is 1. The first-order valence-electron chi connectivity index (χ1n) is 8.52. The number of hydrogen-bond acceptors (Lipinski definition) is 1. The molecular weight excluding hydrogens is 388 g/mol. The van der Waals surface area contributed by atoms with Crippen LogP contribution in [-0.2, 0) is 0 Å². The van der Waals surface area contributed by atoms with E-state index < -0.39 is 0 Å². The maximum absolute atomic E-state index is 3.99. The zero-order chi connectivity index (χ0) is 17.1. The second-order valence-corrected chi connectivity index (χ2v) is 8.14. The van der Waals surface area contributed by atoms with Crippen molar-refractivity contribution >= 4 is 32.6 Å². The van der Waals surface area contributed by atoms with E-state index in [1.807, 2.05) is 11.8 Å². The molecule has 0 amide bonds. The van der Waals surface area contributed by atoms with Gasteiger partial charge in [0.1, 0.15) is 0 Å². The lowest BCUT2D eigenvalue weighted by Crippen LogP contribution is -2.18. The molecule has 124 valence electrons. The van der Waals surface area contributed by atoms with Gasteiger partial charge in [-0.25, -0.2) is 0 Å². The molecule has 3 aromatic carbocycles. The largest absolute Gasteiger partial charge is 0.124 e. The van der Waals surface area contributed by atoms with Crippen molar-refractivity contribution in [3.05, 3.63) is 112 Å². The lowest BCUT2D eigenvalue weighted by atomic mass is 9.81. The molecule has 0 saturated carbocycles. The van der Waals surface area contributed by atoms with E-state index in [1.54, 1.807) is 0 Å². The quantitative estimate of drug-likeness (QED) is 0.448. The summed E-state index contributed by atoms with van der Waals surface area (Å²) in [5.74, 6) is 1.90. The summed E-state index contributed by atoms with van der Waals surface area (Å²) in [5, 5.41) is 0. The van der Waals surface area contributed by atoms with Crippen molar-refractivity contribution in [2.75, 3.05) is 5.75 Å². The van der Waals surface area contributed by atoms with Gasteiger partial charge in [0.05, 0.1) is 0 Å². The molecule has 0 bridgehead atoms. The topological polar surface area (TPSA) is 0 Å². The van der Waals surface area contributed by atoms with Crippen LogP contribution in [0.5, 0.6) is 0 Å². The average Bonchev–Trinajstić information content (AvgIpc) is 2.70. The standard InChI is InChI=1S/C23H19BrS/c24-22-21(18-12-6-2-7-13-18)20(17-10-4-1-5-11-17)16-25-23(22)19-14-8-3-9-15-19/h1-15,20-21H,16H2. The predicted molar refractivity (Wildman–Crippen MR) is 113 cm³/mol. The minimum absolute atomic E-state index is 0.347. The van der Waals surface area contributed by atoms with Gasteiger partial charge in [0.15, 0.2) is 0 Å². The van der Waals surface area contributed by atoms with E-state index in [4.69, 9.17) is 0 Å². The average molecular weight is 407 g/mol. The number of hydrogen-bond donors (Lipinski definition) is 0. The fourth-order valence-corrected chi connectivity index (χ4v) is 5.95. The Morgan fingerprint density at radius 1 is 0.680 bits per heavy atom. The minimum atomic E-state index is 0.347. The number of rotatable bonds is 3. The Kier molecular flexibility index (Phi) is 5.09. The van der Waals surface area contributed by atoms with E-state index in [9.17, 15) is 0 Å². The van der Waals surface area contributed by atoms with Crippen molar-refractivity contribution in [3.63, 3.8) is 0 Å². The van der Waals surface area contributed by atoms with Crippen LogP contribution in [0.25, 0.3) is 4.91 Å². The van der Waals surface area contributed by atoms with Crippen molar-refractivity contribution in [2.45, 2.75) is 11.8 Å². The molecule has 4 rings (SSSR count). The van der Waals surface area contributed by atoms with Crippen molar-refractivity contribution in [1.82, 2.24) is 0 Å². The third kappa shape index (κ3) is 3.47. The predicted octanol–water partition coefficient (Wildman–Crippen LogP) is 7.06. The molecular formula is C23H19BrS. The van der Waals surface area contributed by atoms with Crippen LogP contribution in [0.2, 0.25) is 0 Å². The number of thioether (sulfide) groups is 1. The summed E-state index contributed by atoms with van der Waals surface area (Å²) in [5.41, 5.74) is 4.08. The van der Waals surface area contributed by atoms with E-state index in [2.05, 4.69) is 107 Å². The molecule has 1 heterocycles. The molecule has 1 aliphatic heterocycles. The van der Waals surface area contributed by atoms with Crippen molar-refractivity contribution in [2.24, 2.45) is 0 Å². The zero-order valence-electron chi connectivity index (χ0n) is 13.8. The summed E-state index contributed by atoms with van der Waals surface area (Å²) < 4.78 is 1.30. The van der Waals surface area contributed by atoms with Gasteiger partial charge in [0, 0.05) is 27.0 Å². The summed E-state index contributed by atoms with van der Waals surface area (Å²) in [7, 11) is 0. The molecule has 0 saturated heterocycles. The highest BCUT2D eigenvalue weighted by Crippen LogP contribution is 2.53. The van der Waals surface area contributed by atoms with E-state index in [1.165, 1.54) is 26.1 Å². The molecule has 0 N–H and O–H groups in total. The maximum Gasteiger partial charge on any atom is 0.0252 e. The normalized spacial score (nSPS) is 20.5. The van der Waals surface area contributed by atoms with Crippen LogP contribution in [0.3, 0.4) is 0 Å². The lowest BCUT2D eigenvalue weighted by Gasteiger charge is -2.34. The Bertz CT molecular complexity index is 856. The van der Waals surface area contributed by atoms with Crippen LogP contribution in [0.15, 0.2) is 95.5 Å². The Morgan fingerprint density at radius 3 is 1.80 bits per heavy atom. The van der Waals surface area contributed by atoms with Gasteiger partial charge in [-0.1, -0.05) is 107 Å². The maximum atomic E-state index is 3.99. The SMILES string of the molecule is BrC1=C(c2ccccc2)SCC(c2ccccc2)C1c1ccccc1. The molecule has 0 fully saturated rings. The summed E-state index contributed by atoms with van der Waals surface area (Å²) in [6.45, 7) is 0. The van der Waals surface area contributed by atoms with E-state index >= 15 is 0 Å². The van der Waals surface area contributed by atoms with E-state index in [0.29, 0.717) is 11.8 Å². The molecule has 0 nitrogen and oxygen atoms in total. The minimum Gasteiger partial charge on any atom is -0.124 e. The first kappa shape index (κ1) is 16.7. The fraction of sp³-hybridized carbons (Fsp3) is 0.130. The molecule has 0 aromatic heterocycles. The lowest BCUT2D eigenvalue weighted by molar-refractivity contribution is 0.678. The Balaban J connectivity index is 1.83.